The topological polar surface area (TPSA) is 119 Å². The monoisotopic (exact) mass is 398 g/mol. The maximum Gasteiger partial charge on any atom is 0.323 e. The number of carbonyl (C=O) groups is 1. The molecule has 2 aromatic heterocycles. The molecule has 8 nitrogen and oxygen atoms in total. The summed E-state index contributed by atoms with van der Waals surface area (Å²) in [4.78, 5) is 33.3. The molecule has 0 aliphatic carbocycles. The predicted molar refractivity (Wildman–Crippen MR) is 105 cm³/mol. The molecular formula is C18H15FN6O2S. The average Bonchev–Trinajstić information content (AvgIpc) is 3.27. The van der Waals surface area contributed by atoms with Crippen LogP contribution in [0.3, 0.4) is 0 Å². The number of anilines is 1. The summed E-state index contributed by atoms with van der Waals surface area (Å²) >= 11 is 1.15. The molecule has 142 valence electrons. The maximum absolute atomic E-state index is 13.8. The molecule has 10 heteroatoms. The number of imidazole rings is 1. The first-order chi connectivity index (χ1) is 13.5. The van der Waals surface area contributed by atoms with Gasteiger partial charge in [0, 0.05) is 5.69 Å². The predicted octanol–water partition coefficient (Wildman–Crippen LogP) is 2.90. The van der Waals surface area contributed by atoms with Crippen molar-refractivity contribution in [2.24, 2.45) is 0 Å². The quantitative estimate of drug-likeness (QED) is 0.385. The Kier molecular flexibility index (Phi) is 4.70. The molecule has 1 atom stereocenters. The smallest absolute Gasteiger partial charge is 0.323 e. The number of fused-ring (bicyclic) bond motifs is 1. The van der Waals surface area contributed by atoms with Gasteiger partial charge in [-0.25, -0.2) is 14.2 Å². The van der Waals surface area contributed by atoms with Gasteiger partial charge in [-0.05, 0) is 37.3 Å². The Morgan fingerprint density at radius 1 is 1.18 bits per heavy atom. The Morgan fingerprint density at radius 3 is 2.79 bits per heavy atom. The molecule has 0 radical (unpaired) electrons. The second-order valence-corrected chi connectivity index (χ2v) is 7.34. The third-order valence-electron chi connectivity index (χ3n) is 4.03. The molecule has 0 aliphatic heterocycles. The molecule has 4 rings (SSSR count). The van der Waals surface area contributed by atoms with E-state index < -0.39 is 11.1 Å². The van der Waals surface area contributed by atoms with E-state index in [-0.39, 0.29) is 11.6 Å². The number of halogens is 1. The van der Waals surface area contributed by atoms with Gasteiger partial charge in [-0.1, -0.05) is 23.9 Å². The first-order valence-corrected chi connectivity index (χ1v) is 9.24. The number of H-pyrrole nitrogens is 3. The lowest BCUT2D eigenvalue weighted by Crippen LogP contribution is -2.22. The van der Waals surface area contributed by atoms with E-state index in [1.807, 2.05) is 0 Å². The number of aromatic nitrogens is 5. The SMILES string of the molecule is C[C@H](Sc1n[nH]c(-c2ccccc2F)n1)C(=O)Nc1ccc2[nH]c(=O)[nH]c2c1. The highest BCUT2D eigenvalue weighted by atomic mass is 32.2. The molecule has 2 aromatic carbocycles. The van der Waals surface area contributed by atoms with Crippen LogP contribution in [0.4, 0.5) is 10.1 Å². The standard InChI is InChI=1S/C18H15FN6O2S/c1-9(16(26)20-10-6-7-13-14(8-10)22-17(27)21-13)28-18-23-15(24-25-18)11-4-2-3-5-12(11)19/h2-9H,1H3,(H,20,26)(H2,21,22,27)(H,23,24,25)/t9-/m0/s1. The van der Waals surface area contributed by atoms with Gasteiger partial charge in [0.2, 0.25) is 11.1 Å². The molecule has 0 bridgehead atoms. The van der Waals surface area contributed by atoms with Gasteiger partial charge < -0.3 is 15.3 Å². The third-order valence-corrected chi connectivity index (χ3v) is 4.99. The Labute approximate surface area is 162 Å². The molecule has 1 amide bonds. The minimum atomic E-state index is -0.495. The summed E-state index contributed by atoms with van der Waals surface area (Å²) < 4.78 is 13.8. The molecule has 4 aromatic rings. The van der Waals surface area contributed by atoms with Crippen molar-refractivity contribution in [2.45, 2.75) is 17.3 Å². The van der Waals surface area contributed by atoms with Crippen molar-refractivity contribution in [1.82, 2.24) is 25.1 Å². The number of amides is 1. The number of carbonyl (C=O) groups excluding carboxylic acids is 1. The van der Waals surface area contributed by atoms with Gasteiger partial charge >= 0.3 is 5.69 Å². The Morgan fingerprint density at radius 2 is 1.96 bits per heavy atom. The van der Waals surface area contributed by atoms with E-state index in [1.54, 1.807) is 43.3 Å². The molecule has 0 saturated carbocycles. The zero-order valence-corrected chi connectivity index (χ0v) is 15.4. The van der Waals surface area contributed by atoms with Crippen LogP contribution in [0.25, 0.3) is 22.4 Å². The highest BCUT2D eigenvalue weighted by molar-refractivity contribution is 8.00. The lowest BCUT2D eigenvalue weighted by Gasteiger charge is -2.10. The van der Waals surface area contributed by atoms with Crippen LogP contribution in [0.1, 0.15) is 6.92 Å². The van der Waals surface area contributed by atoms with E-state index >= 15 is 0 Å². The average molecular weight is 398 g/mol. The van der Waals surface area contributed by atoms with Crippen LogP contribution in [0.5, 0.6) is 0 Å². The fourth-order valence-electron chi connectivity index (χ4n) is 2.64. The third kappa shape index (κ3) is 3.67. The van der Waals surface area contributed by atoms with Crippen LogP contribution in [0, 0.1) is 5.82 Å². The largest absolute Gasteiger partial charge is 0.325 e. The van der Waals surface area contributed by atoms with Gasteiger partial charge in [-0.2, -0.15) is 0 Å². The summed E-state index contributed by atoms with van der Waals surface area (Å²) in [7, 11) is 0. The first kappa shape index (κ1) is 18.0. The lowest BCUT2D eigenvalue weighted by molar-refractivity contribution is -0.115. The summed E-state index contributed by atoms with van der Waals surface area (Å²) in [6.45, 7) is 1.72. The van der Waals surface area contributed by atoms with E-state index in [4.69, 9.17) is 0 Å². The van der Waals surface area contributed by atoms with Crippen molar-refractivity contribution < 1.29 is 9.18 Å². The van der Waals surface area contributed by atoms with Gasteiger partial charge in [0.05, 0.1) is 21.8 Å². The number of nitrogens with one attached hydrogen (secondary N) is 4. The molecule has 2 heterocycles. The number of thioether (sulfide) groups is 1. The van der Waals surface area contributed by atoms with Crippen LogP contribution in [-0.4, -0.2) is 36.3 Å². The van der Waals surface area contributed by atoms with Crippen molar-refractivity contribution >= 4 is 34.4 Å². The summed E-state index contributed by atoms with van der Waals surface area (Å²) in [5, 5.41) is 9.37. The van der Waals surface area contributed by atoms with Crippen molar-refractivity contribution in [3.05, 3.63) is 58.8 Å². The molecule has 0 aliphatic rings. The van der Waals surface area contributed by atoms with Gasteiger partial charge in [-0.3, -0.25) is 9.89 Å². The molecule has 0 unspecified atom stereocenters. The second kappa shape index (κ2) is 7.31. The highest BCUT2D eigenvalue weighted by Gasteiger charge is 2.18. The molecule has 0 saturated heterocycles. The van der Waals surface area contributed by atoms with E-state index in [9.17, 15) is 14.0 Å². The molecular weight excluding hydrogens is 383 g/mol. The minimum Gasteiger partial charge on any atom is -0.325 e. The summed E-state index contributed by atoms with van der Waals surface area (Å²) in [5.41, 5.74) is 1.83. The fourth-order valence-corrected chi connectivity index (χ4v) is 3.36. The Bertz CT molecular complexity index is 1210. The number of hydrogen-bond acceptors (Lipinski definition) is 5. The maximum atomic E-state index is 13.8. The van der Waals surface area contributed by atoms with Crippen LogP contribution < -0.4 is 11.0 Å². The summed E-state index contributed by atoms with van der Waals surface area (Å²) in [6.07, 6.45) is 0. The minimum absolute atomic E-state index is 0.250. The van der Waals surface area contributed by atoms with E-state index in [1.165, 1.54) is 6.07 Å². The number of hydrogen-bond donors (Lipinski definition) is 4. The molecule has 4 N–H and O–H groups in total. The fraction of sp³-hybridized carbons (Fsp3) is 0.111. The van der Waals surface area contributed by atoms with Crippen LogP contribution in [0.15, 0.2) is 52.4 Å². The molecule has 0 fully saturated rings. The van der Waals surface area contributed by atoms with Crippen molar-refractivity contribution in [1.29, 1.82) is 0 Å². The van der Waals surface area contributed by atoms with Crippen LogP contribution in [0.2, 0.25) is 0 Å². The van der Waals surface area contributed by atoms with E-state index in [0.29, 0.717) is 33.3 Å². The van der Waals surface area contributed by atoms with Crippen molar-refractivity contribution in [2.75, 3.05) is 5.32 Å². The Balaban J connectivity index is 1.44. The van der Waals surface area contributed by atoms with Gasteiger partial charge in [0.1, 0.15) is 5.82 Å². The van der Waals surface area contributed by atoms with Gasteiger partial charge in [0.25, 0.3) is 0 Å². The Hall–Kier alpha value is -3.40. The number of benzene rings is 2. The van der Waals surface area contributed by atoms with Crippen molar-refractivity contribution in [3.8, 4) is 11.4 Å². The lowest BCUT2D eigenvalue weighted by atomic mass is 10.2. The zero-order valence-electron chi connectivity index (χ0n) is 14.6. The normalized spacial score (nSPS) is 12.2. The zero-order chi connectivity index (χ0) is 19.7. The van der Waals surface area contributed by atoms with E-state index in [0.717, 1.165) is 11.8 Å². The number of aromatic amines is 3. The number of rotatable bonds is 5. The van der Waals surface area contributed by atoms with E-state index in [2.05, 4.69) is 30.5 Å². The van der Waals surface area contributed by atoms with Crippen LogP contribution >= 0.6 is 11.8 Å². The molecule has 28 heavy (non-hydrogen) atoms. The highest BCUT2D eigenvalue weighted by Crippen LogP contribution is 2.25. The van der Waals surface area contributed by atoms with Gasteiger partial charge in [0.15, 0.2) is 5.82 Å². The number of nitrogens with zero attached hydrogens (tertiary/aromatic N) is 2. The van der Waals surface area contributed by atoms with Crippen LogP contribution in [-0.2, 0) is 4.79 Å². The second-order valence-electron chi connectivity index (χ2n) is 6.04. The summed E-state index contributed by atoms with van der Waals surface area (Å²) in [6, 6.07) is 11.3. The first-order valence-electron chi connectivity index (χ1n) is 8.36. The summed E-state index contributed by atoms with van der Waals surface area (Å²) in [5.74, 6) is -0.353. The van der Waals surface area contributed by atoms with Crippen molar-refractivity contribution in [3.63, 3.8) is 0 Å². The van der Waals surface area contributed by atoms with Gasteiger partial charge in [-0.15, -0.1) is 5.10 Å². The molecule has 0 spiro atoms.